The molecular weight excluding hydrogens is 198 g/mol. The third kappa shape index (κ3) is 1.56. The van der Waals surface area contributed by atoms with Crippen LogP contribution in [0.2, 0.25) is 0 Å². The molecule has 0 saturated heterocycles. The lowest BCUT2D eigenvalue weighted by atomic mass is 10.0. The van der Waals surface area contributed by atoms with Gasteiger partial charge in [-0.05, 0) is 43.4 Å². The molecule has 0 radical (unpaired) electrons. The van der Waals surface area contributed by atoms with Crippen LogP contribution in [0.1, 0.15) is 26.7 Å². The number of aromatic nitrogens is 2. The van der Waals surface area contributed by atoms with Crippen molar-refractivity contribution in [1.29, 1.82) is 0 Å². The molecule has 1 unspecified atom stereocenters. The van der Waals surface area contributed by atoms with Gasteiger partial charge in [0.25, 0.3) is 0 Å². The van der Waals surface area contributed by atoms with E-state index in [0.717, 1.165) is 10.9 Å². The minimum absolute atomic E-state index is 0.503. The Morgan fingerprint density at radius 2 is 2.25 bits per heavy atom. The van der Waals surface area contributed by atoms with Crippen LogP contribution in [0, 0.1) is 5.41 Å². The Balaban J connectivity index is 1.83. The second-order valence-corrected chi connectivity index (χ2v) is 5.19. The number of nitrogens with zero attached hydrogens (tertiary/aromatic N) is 1. The van der Waals surface area contributed by atoms with E-state index in [1.54, 1.807) is 0 Å². The molecule has 0 amide bonds. The van der Waals surface area contributed by atoms with Gasteiger partial charge in [0.1, 0.15) is 0 Å². The molecule has 1 aliphatic carbocycles. The van der Waals surface area contributed by atoms with Gasteiger partial charge in [-0.3, -0.25) is 5.10 Å². The average molecular weight is 215 g/mol. The van der Waals surface area contributed by atoms with E-state index in [0.29, 0.717) is 11.5 Å². The number of anilines is 1. The van der Waals surface area contributed by atoms with E-state index >= 15 is 0 Å². The molecule has 3 heteroatoms. The molecule has 1 saturated carbocycles. The van der Waals surface area contributed by atoms with E-state index in [1.165, 1.54) is 18.5 Å². The fraction of sp³-hybridized carbons (Fsp3) is 0.462. The molecule has 1 heterocycles. The molecule has 1 atom stereocenters. The summed E-state index contributed by atoms with van der Waals surface area (Å²) < 4.78 is 0. The first kappa shape index (κ1) is 9.70. The van der Waals surface area contributed by atoms with Gasteiger partial charge in [-0.2, -0.15) is 5.10 Å². The first-order valence-electron chi connectivity index (χ1n) is 5.87. The summed E-state index contributed by atoms with van der Waals surface area (Å²) in [6, 6.07) is 6.89. The molecule has 0 aliphatic heterocycles. The van der Waals surface area contributed by atoms with Gasteiger partial charge in [0, 0.05) is 17.1 Å². The van der Waals surface area contributed by atoms with Gasteiger partial charge in [-0.25, -0.2) is 0 Å². The molecule has 1 aromatic carbocycles. The summed E-state index contributed by atoms with van der Waals surface area (Å²) in [4.78, 5) is 0. The molecule has 3 rings (SSSR count). The molecule has 1 fully saturated rings. The van der Waals surface area contributed by atoms with Crippen molar-refractivity contribution >= 4 is 16.6 Å². The highest BCUT2D eigenvalue weighted by atomic mass is 15.1. The maximum absolute atomic E-state index is 4.03. The van der Waals surface area contributed by atoms with Crippen LogP contribution in [0.15, 0.2) is 24.4 Å². The first-order chi connectivity index (χ1) is 7.67. The van der Waals surface area contributed by atoms with Crippen LogP contribution in [0.25, 0.3) is 10.9 Å². The molecule has 2 N–H and O–H groups in total. The summed E-state index contributed by atoms with van der Waals surface area (Å²) in [5, 5.41) is 11.8. The van der Waals surface area contributed by atoms with Gasteiger partial charge in [-0.15, -0.1) is 0 Å². The Kier molecular flexibility index (Phi) is 1.96. The Bertz CT molecular complexity index is 511. The number of H-pyrrole nitrogens is 1. The maximum Gasteiger partial charge on any atom is 0.0670 e. The van der Waals surface area contributed by atoms with E-state index in [1.807, 2.05) is 6.20 Å². The zero-order valence-corrected chi connectivity index (χ0v) is 9.75. The van der Waals surface area contributed by atoms with Crippen LogP contribution < -0.4 is 5.32 Å². The highest BCUT2D eigenvalue weighted by Crippen LogP contribution is 2.48. The summed E-state index contributed by atoms with van der Waals surface area (Å²) in [7, 11) is 0. The summed E-state index contributed by atoms with van der Waals surface area (Å²) >= 11 is 0. The predicted octanol–water partition coefficient (Wildman–Crippen LogP) is 3.16. The van der Waals surface area contributed by atoms with Gasteiger partial charge in [0.2, 0.25) is 0 Å². The van der Waals surface area contributed by atoms with Crippen LogP contribution in [-0.2, 0) is 0 Å². The smallest absolute Gasteiger partial charge is 0.0670 e. The molecule has 84 valence electrons. The van der Waals surface area contributed by atoms with Crippen molar-refractivity contribution in [2.45, 2.75) is 32.7 Å². The second kappa shape index (κ2) is 3.24. The van der Waals surface area contributed by atoms with Crippen LogP contribution >= 0.6 is 0 Å². The SMILES string of the molecule is CC(Nc1ccc2cn[nH]c2c1)C1(C)CC1. The Morgan fingerprint density at radius 3 is 3.00 bits per heavy atom. The standard InChI is InChI=1S/C13H17N3/c1-9(13(2)5-6-13)15-11-4-3-10-8-14-16-12(10)7-11/h3-4,7-9,15H,5-6H2,1-2H3,(H,14,16). The lowest BCUT2D eigenvalue weighted by Crippen LogP contribution is -2.24. The third-order valence-corrected chi connectivity index (χ3v) is 3.91. The number of benzene rings is 1. The van der Waals surface area contributed by atoms with Gasteiger partial charge >= 0.3 is 0 Å². The Labute approximate surface area is 95.2 Å². The lowest BCUT2D eigenvalue weighted by Gasteiger charge is -2.21. The number of nitrogens with one attached hydrogen (secondary N) is 2. The third-order valence-electron chi connectivity index (χ3n) is 3.91. The largest absolute Gasteiger partial charge is 0.382 e. The van der Waals surface area contributed by atoms with E-state index in [2.05, 4.69) is 47.6 Å². The minimum Gasteiger partial charge on any atom is -0.382 e. The molecular formula is C13H17N3. The number of aromatic amines is 1. The lowest BCUT2D eigenvalue weighted by molar-refractivity contribution is 0.493. The molecule has 1 aliphatic rings. The molecule has 0 spiro atoms. The summed E-state index contributed by atoms with van der Waals surface area (Å²) in [6.07, 6.45) is 4.53. The van der Waals surface area contributed by atoms with Gasteiger partial charge in [0.05, 0.1) is 11.7 Å². The van der Waals surface area contributed by atoms with Crippen molar-refractivity contribution in [3.63, 3.8) is 0 Å². The van der Waals surface area contributed by atoms with Crippen molar-refractivity contribution in [3.8, 4) is 0 Å². The normalized spacial score (nSPS) is 19.6. The maximum atomic E-state index is 4.03. The van der Waals surface area contributed by atoms with Crippen molar-refractivity contribution < 1.29 is 0 Å². The second-order valence-electron chi connectivity index (χ2n) is 5.19. The predicted molar refractivity (Wildman–Crippen MR) is 66.5 cm³/mol. The average Bonchev–Trinajstić information content (AvgIpc) is 2.87. The number of rotatable bonds is 3. The fourth-order valence-electron chi connectivity index (χ4n) is 2.08. The van der Waals surface area contributed by atoms with E-state index in [-0.39, 0.29) is 0 Å². The number of fused-ring (bicyclic) bond motifs is 1. The van der Waals surface area contributed by atoms with Crippen LogP contribution in [-0.4, -0.2) is 16.2 Å². The Morgan fingerprint density at radius 1 is 1.44 bits per heavy atom. The van der Waals surface area contributed by atoms with Crippen LogP contribution in [0.4, 0.5) is 5.69 Å². The molecule has 1 aromatic heterocycles. The topological polar surface area (TPSA) is 40.7 Å². The highest BCUT2D eigenvalue weighted by Gasteiger charge is 2.42. The molecule has 16 heavy (non-hydrogen) atoms. The van der Waals surface area contributed by atoms with Gasteiger partial charge in [0.15, 0.2) is 0 Å². The molecule has 2 aromatic rings. The quantitative estimate of drug-likeness (QED) is 0.825. The zero-order chi connectivity index (χ0) is 11.2. The van der Waals surface area contributed by atoms with Crippen molar-refractivity contribution in [1.82, 2.24) is 10.2 Å². The fourth-order valence-corrected chi connectivity index (χ4v) is 2.08. The number of hydrogen-bond acceptors (Lipinski definition) is 2. The summed E-state index contributed by atoms with van der Waals surface area (Å²) in [5.74, 6) is 0. The zero-order valence-electron chi connectivity index (χ0n) is 9.75. The first-order valence-corrected chi connectivity index (χ1v) is 5.87. The monoisotopic (exact) mass is 215 g/mol. The minimum atomic E-state index is 0.503. The van der Waals surface area contributed by atoms with Gasteiger partial charge in [-0.1, -0.05) is 6.92 Å². The van der Waals surface area contributed by atoms with E-state index in [4.69, 9.17) is 0 Å². The summed E-state index contributed by atoms with van der Waals surface area (Å²) in [6.45, 7) is 4.61. The Hall–Kier alpha value is -1.51. The van der Waals surface area contributed by atoms with E-state index < -0.39 is 0 Å². The number of hydrogen-bond donors (Lipinski definition) is 2. The van der Waals surface area contributed by atoms with Crippen molar-refractivity contribution in [2.75, 3.05) is 5.32 Å². The van der Waals surface area contributed by atoms with Crippen LogP contribution in [0.3, 0.4) is 0 Å². The summed E-state index contributed by atoms with van der Waals surface area (Å²) in [5.41, 5.74) is 2.78. The van der Waals surface area contributed by atoms with Crippen molar-refractivity contribution in [3.05, 3.63) is 24.4 Å². The van der Waals surface area contributed by atoms with Gasteiger partial charge < -0.3 is 5.32 Å². The highest BCUT2D eigenvalue weighted by molar-refractivity contribution is 5.81. The molecule has 0 bridgehead atoms. The van der Waals surface area contributed by atoms with Crippen molar-refractivity contribution in [2.24, 2.45) is 5.41 Å². The van der Waals surface area contributed by atoms with Crippen LogP contribution in [0.5, 0.6) is 0 Å². The van der Waals surface area contributed by atoms with E-state index in [9.17, 15) is 0 Å². The molecule has 3 nitrogen and oxygen atoms in total.